The monoisotopic (exact) mass is 286 g/mol. The van der Waals surface area contributed by atoms with Crippen molar-refractivity contribution in [3.8, 4) is 0 Å². The lowest BCUT2D eigenvalue weighted by Gasteiger charge is -2.04. The van der Waals surface area contributed by atoms with E-state index in [1.54, 1.807) is 0 Å². The van der Waals surface area contributed by atoms with Gasteiger partial charge >= 0.3 is 0 Å². The van der Waals surface area contributed by atoms with Crippen LogP contribution in [0, 0.1) is 0 Å². The van der Waals surface area contributed by atoms with Gasteiger partial charge in [-0.1, -0.05) is 83.5 Å². The van der Waals surface area contributed by atoms with Crippen LogP contribution in [0.3, 0.4) is 0 Å². The first-order valence-corrected chi connectivity index (χ1v) is 9.06. The van der Waals surface area contributed by atoms with Gasteiger partial charge in [0.1, 0.15) is 0 Å². The molecule has 122 valence electrons. The van der Waals surface area contributed by atoms with E-state index in [1.165, 1.54) is 83.5 Å². The quantitative estimate of drug-likeness (QED) is 0.382. The van der Waals surface area contributed by atoms with E-state index in [2.05, 4.69) is 0 Å². The lowest BCUT2D eigenvalue weighted by molar-refractivity contribution is 0.180. The molecule has 0 bridgehead atoms. The van der Waals surface area contributed by atoms with Crippen molar-refractivity contribution in [2.24, 2.45) is 0 Å². The Hall–Kier alpha value is -0.0800. The van der Waals surface area contributed by atoms with Crippen LogP contribution in [0.5, 0.6) is 0 Å². The van der Waals surface area contributed by atoms with Gasteiger partial charge in [0.25, 0.3) is 0 Å². The molecule has 0 heterocycles. The van der Waals surface area contributed by atoms with Crippen LogP contribution in [0.15, 0.2) is 0 Å². The van der Waals surface area contributed by atoms with Gasteiger partial charge in [-0.3, -0.25) is 0 Å². The minimum absolute atomic E-state index is 0.112. The highest BCUT2D eigenvalue weighted by molar-refractivity contribution is 4.51. The van der Waals surface area contributed by atoms with E-state index in [0.717, 1.165) is 12.8 Å². The summed E-state index contributed by atoms with van der Waals surface area (Å²) in [7, 11) is 0. The SMILES string of the molecule is CC(O)CCCCCCCCCCCCCCCCO. The number of unbranched alkanes of at least 4 members (excludes halogenated alkanes) is 13. The van der Waals surface area contributed by atoms with Gasteiger partial charge in [-0.05, 0) is 19.8 Å². The molecule has 0 fully saturated rings. The molecule has 0 aliphatic carbocycles. The lowest BCUT2D eigenvalue weighted by Crippen LogP contribution is -1.98. The Morgan fingerprint density at radius 3 is 1.15 bits per heavy atom. The highest BCUT2D eigenvalue weighted by Crippen LogP contribution is 2.13. The Bertz CT molecular complexity index is 169. The lowest BCUT2D eigenvalue weighted by atomic mass is 10.0. The Labute approximate surface area is 127 Å². The summed E-state index contributed by atoms with van der Waals surface area (Å²) in [5, 5.41) is 17.8. The van der Waals surface area contributed by atoms with Crippen molar-refractivity contribution in [3.05, 3.63) is 0 Å². The molecule has 2 N–H and O–H groups in total. The molecule has 0 aromatic rings. The van der Waals surface area contributed by atoms with Crippen LogP contribution in [0.1, 0.15) is 103 Å². The smallest absolute Gasteiger partial charge is 0.0512 e. The molecule has 20 heavy (non-hydrogen) atoms. The first-order valence-electron chi connectivity index (χ1n) is 9.06. The van der Waals surface area contributed by atoms with Gasteiger partial charge in [0.2, 0.25) is 0 Å². The summed E-state index contributed by atoms with van der Waals surface area (Å²) in [4.78, 5) is 0. The minimum atomic E-state index is -0.112. The fourth-order valence-electron chi connectivity index (χ4n) is 2.67. The zero-order chi connectivity index (χ0) is 14.9. The first-order chi connectivity index (χ1) is 9.77. The third-order valence-corrected chi connectivity index (χ3v) is 4.03. The topological polar surface area (TPSA) is 40.5 Å². The molecule has 0 aromatic heterocycles. The fourth-order valence-corrected chi connectivity index (χ4v) is 2.67. The molecule has 2 heteroatoms. The Kier molecular flexibility index (Phi) is 16.9. The molecule has 2 nitrogen and oxygen atoms in total. The second-order valence-electron chi connectivity index (χ2n) is 6.31. The largest absolute Gasteiger partial charge is 0.396 e. The molecule has 0 saturated carbocycles. The molecule has 0 aliphatic rings. The standard InChI is InChI=1S/C18H38O2/c1-18(20)16-14-12-10-8-6-4-2-3-5-7-9-11-13-15-17-19/h18-20H,2-17H2,1H3. The molecule has 0 spiro atoms. The van der Waals surface area contributed by atoms with Crippen molar-refractivity contribution in [2.45, 2.75) is 109 Å². The summed E-state index contributed by atoms with van der Waals surface area (Å²) in [5.41, 5.74) is 0. The predicted molar refractivity (Wildman–Crippen MR) is 88.0 cm³/mol. The maximum Gasteiger partial charge on any atom is 0.0512 e. The highest BCUT2D eigenvalue weighted by Gasteiger charge is 1.96. The first kappa shape index (κ1) is 19.9. The van der Waals surface area contributed by atoms with Crippen molar-refractivity contribution < 1.29 is 10.2 Å². The second-order valence-corrected chi connectivity index (χ2v) is 6.31. The van der Waals surface area contributed by atoms with Crippen LogP contribution in [0.4, 0.5) is 0 Å². The van der Waals surface area contributed by atoms with Crippen molar-refractivity contribution in [1.29, 1.82) is 0 Å². The summed E-state index contributed by atoms with van der Waals surface area (Å²) in [6.45, 7) is 2.24. The number of aliphatic hydroxyl groups excluding tert-OH is 2. The molecule has 0 radical (unpaired) electrons. The zero-order valence-corrected chi connectivity index (χ0v) is 13.8. The van der Waals surface area contributed by atoms with E-state index in [0.29, 0.717) is 6.61 Å². The van der Waals surface area contributed by atoms with Gasteiger partial charge in [-0.25, -0.2) is 0 Å². The van der Waals surface area contributed by atoms with Gasteiger partial charge in [-0.15, -0.1) is 0 Å². The Balaban J connectivity index is 2.92. The van der Waals surface area contributed by atoms with Gasteiger partial charge in [0.05, 0.1) is 6.10 Å². The molecule has 1 atom stereocenters. The van der Waals surface area contributed by atoms with E-state index >= 15 is 0 Å². The number of rotatable bonds is 16. The Morgan fingerprint density at radius 2 is 0.850 bits per heavy atom. The van der Waals surface area contributed by atoms with Gasteiger partial charge in [0.15, 0.2) is 0 Å². The van der Waals surface area contributed by atoms with E-state index in [4.69, 9.17) is 10.2 Å². The molecule has 0 saturated heterocycles. The van der Waals surface area contributed by atoms with Gasteiger partial charge in [0, 0.05) is 6.61 Å². The van der Waals surface area contributed by atoms with Crippen LogP contribution in [-0.4, -0.2) is 22.9 Å². The van der Waals surface area contributed by atoms with Crippen LogP contribution in [0.25, 0.3) is 0 Å². The summed E-state index contributed by atoms with van der Waals surface area (Å²) in [6, 6.07) is 0. The highest BCUT2D eigenvalue weighted by atomic mass is 16.3. The van der Waals surface area contributed by atoms with Crippen molar-refractivity contribution in [3.63, 3.8) is 0 Å². The predicted octanol–water partition coefficient (Wildman–Crippen LogP) is 5.21. The van der Waals surface area contributed by atoms with E-state index in [1.807, 2.05) is 6.92 Å². The van der Waals surface area contributed by atoms with Crippen molar-refractivity contribution in [2.75, 3.05) is 6.61 Å². The molecule has 0 amide bonds. The normalized spacial score (nSPS) is 12.8. The third kappa shape index (κ3) is 17.9. The van der Waals surface area contributed by atoms with E-state index in [-0.39, 0.29) is 6.10 Å². The molecule has 0 rings (SSSR count). The third-order valence-electron chi connectivity index (χ3n) is 4.03. The van der Waals surface area contributed by atoms with Gasteiger partial charge in [-0.2, -0.15) is 0 Å². The Morgan fingerprint density at radius 1 is 0.550 bits per heavy atom. The van der Waals surface area contributed by atoms with Crippen LogP contribution >= 0.6 is 0 Å². The van der Waals surface area contributed by atoms with E-state index in [9.17, 15) is 0 Å². The summed E-state index contributed by atoms with van der Waals surface area (Å²) in [6.07, 6.45) is 19.3. The molecule has 0 aliphatic heterocycles. The molecule has 0 aromatic carbocycles. The van der Waals surface area contributed by atoms with Crippen molar-refractivity contribution in [1.82, 2.24) is 0 Å². The summed E-state index contributed by atoms with van der Waals surface area (Å²) in [5.74, 6) is 0. The average molecular weight is 286 g/mol. The van der Waals surface area contributed by atoms with Crippen LogP contribution < -0.4 is 0 Å². The van der Waals surface area contributed by atoms with Crippen LogP contribution in [0.2, 0.25) is 0 Å². The average Bonchev–Trinajstić information content (AvgIpc) is 2.43. The number of hydrogen-bond donors (Lipinski definition) is 2. The second kappa shape index (κ2) is 17.0. The molecule has 1 unspecified atom stereocenters. The fraction of sp³-hybridized carbons (Fsp3) is 1.00. The minimum Gasteiger partial charge on any atom is -0.396 e. The maximum absolute atomic E-state index is 9.15. The number of hydrogen-bond acceptors (Lipinski definition) is 2. The number of aliphatic hydroxyl groups is 2. The summed E-state index contributed by atoms with van der Waals surface area (Å²) < 4.78 is 0. The zero-order valence-electron chi connectivity index (χ0n) is 13.8. The van der Waals surface area contributed by atoms with Crippen molar-refractivity contribution >= 4 is 0 Å². The van der Waals surface area contributed by atoms with E-state index < -0.39 is 0 Å². The maximum atomic E-state index is 9.15. The summed E-state index contributed by atoms with van der Waals surface area (Å²) >= 11 is 0. The molecular weight excluding hydrogens is 248 g/mol. The molecular formula is C18H38O2. The van der Waals surface area contributed by atoms with Crippen LogP contribution in [-0.2, 0) is 0 Å². The van der Waals surface area contributed by atoms with Gasteiger partial charge < -0.3 is 10.2 Å².